The number of sulfonamides is 1. The van der Waals surface area contributed by atoms with Gasteiger partial charge in [-0.25, -0.2) is 8.42 Å². The Morgan fingerprint density at radius 3 is 2.59 bits per heavy atom. The number of carbonyl (C=O) groups is 1. The summed E-state index contributed by atoms with van der Waals surface area (Å²) in [6.07, 6.45) is 1.58. The van der Waals surface area contributed by atoms with Gasteiger partial charge >= 0.3 is 0 Å². The molecular weight excluding hydrogens is 450 g/mol. The fourth-order valence-corrected chi connectivity index (χ4v) is 6.01. The number of benzene rings is 1. The van der Waals surface area contributed by atoms with Crippen molar-refractivity contribution in [3.05, 3.63) is 40.6 Å². The van der Waals surface area contributed by atoms with Crippen molar-refractivity contribution in [1.82, 2.24) is 14.5 Å². The average Bonchev–Trinajstić information content (AvgIpc) is 3.21. The lowest BCUT2D eigenvalue weighted by Crippen LogP contribution is -2.55. The summed E-state index contributed by atoms with van der Waals surface area (Å²) in [7, 11) is -3.64. The monoisotopic (exact) mass is 479 g/mol. The van der Waals surface area contributed by atoms with E-state index in [1.165, 1.54) is 9.18 Å². The molecule has 174 valence electrons. The standard InChI is InChI=1S/C22H29N3O5S2/c1-17(22(26)23-8-7-18-4-2-15-31-18)24-9-11-25(12-10-24)32(27,28)19-5-6-20-21(16-19)30-14-3-13-29-20/h2,4-6,15-17H,3,7-14H2,1H3,(H,23,26)/t17-/m1/s1. The van der Waals surface area contributed by atoms with Gasteiger partial charge in [-0.05, 0) is 36.9 Å². The number of fused-ring (bicyclic) bond motifs is 1. The third kappa shape index (κ3) is 5.25. The zero-order valence-electron chi connectivity index (χ0n) is 18.2. The van der Waals surface area contributed by atoms with Crippen molar-refractivity contribution < 1.29 is 22.7 Å². The van der Waals surface area contributed by atoms with E-state index in [4.69, 9.17) is 9.47 Å². The summed E-state index contributed by atoms with van der Waals surface area (Å²) in [5, 5.41) is 5.02. The molecule has 10 heteroatoms. The number of carbonyl (C=O) groups excluding carboxylic acids is 1. The van der Waals surface area contributed by atoms with Crippen molar-refractivity contribution in [2.75, 3.05) is 45.9 Å². The Morgan fingerprint density at radius 1 is 1.12 bits per heavy atom. The predicted octanol–water partition coefficient (Wildman–Crippen LogP) is 1.96. The number of ether oxygens (including phenoxy) is 2. The molecule has 1 N–H and O–H groups in total. The van der Waals surface area contributed by atoms with Crippen molar-refractivity contribution in [3.63, 3.8) is 0 Å². The minimum absolute atomic E-state index is 0.0271. The summed E-state index contributed by atoms with van der Waals surface area (Å²) in [6.45, 7) is 5.21. The Bertz CT molecular complexity index is 1020. The molecule has 1 aromatic heterocycles. The van der Waals surface area contributed by atoms with E-state index in [0.29, 0.717) is 57.4 Å². The van der Waals surface area contributed by atoms with Crippen molar-refractivity contribution in [3.8, 4) is 11.5 Å². The lowest BCUT2D eigenvalue weighted by atomic mass is 10.2. The molecule has 1 amide bonds. The minimum Gasteiger partial charge on any atom is -0.490 e. The Labute approximate surface area is 193 Å². The first kappa shape index (κ1) is 23.0. The molecule has 2 aliphatic heterocycles. The molecule has 4 rings (SSSR count). The smallest absolute Gasteiger partial charge is 0.243 e. The van der Waals surface area contributed by atoms with Crippen LogP contribution in [0.3, 0.4) is 0 Å². The second-order valence-corrected chi connectivity index (χ2v) is 10.9. The molecule has 1 fully saturated rings. The second-order valence-electron chi connectivity index (χ2n) is 7.90. The summed E-state index contributed by atoms with van der Waals surface area (Å²) in [5.74, 6) is 1.01. The summed E-state index contributed by atoms with van der Waals surface area (Å²) in [5.41, 5.74) is 0. The minimum atomic E-state index is -3.64. The molecule has 3 heterocycles. The van der Waals surface area contributed by atoms with Crippen LogP contribution in [0.15, 0.2) is 40.6 Å². The number of nitrogens with one attached hydrogen (secondary N) is 1. The molecule has 1 aromatic carbocycles. The van der Waals surface area contributed by atoms with Crippen LogP contribution in [0.2, 0.25) is 0 Å². The molecule has 2 aliphatic rings. The summed E-state index contributed by atoms with van der Waals surface area (Å²) < 4.78 is 39.0. The first-order valence-corrected chi connectivity index (χ1v) is 13.2. The highest BCUT2D eigenvalue weighted by atomic mass is 32.2. The van der Waals surface area contributed by atoms with Crippen LogP contribution in [0.4, 0.5) is 0 Å². The fraction of sp³-hybridized carbons (Fsp3) is 0.500. The van der Waals surface area contributed by atoms with E-state index in [1.54, 1.807) is 29.5 Å². The Kier molecular flexibility index (Phi) is 7.34. The molecule has 0 spiro atoms. The van der Waals surface area contributed by atoms with Crippen LogP contribution in [0.5, 0.6) is 11.5 Å². The van der Waals surface area contributed by atoms with E-state index < -0.39 is 10.0 Å². The van der Waals surface area contributed by atoms with Gasteiger partial charge in [0, 0.05) is 50.1 Å². The average molecular weight is 480 g/mol. The summed E-state index contributed by atoms with van der Waals surface area (Å²) in [4.78, 5) is 16.0. The summed E-state index contributed by atoms with van der Waals surface area (Å²) >= 11 is 1.68. The first-order valence-electron chi connectivity index (χ1n) is 10.9. The molecule has 0 radical (unpaired) electrons. The Morgan fingerprint density at radius 2 is 1.88 bits per heavy atom. The van der Waals surface area contributed by atoms with Gasteiger partial charge < -0.3 is 14.8 Å². The highest BCUT2D eigenvalue weighted by Gasteiger charge is 2.32. The number of thiophene rings is 1. The van der Waals surface area contributed by atoms with Gasteiger partial charge in [0.25, 0.3) is 0 Å². The molecule has 0 saturated carbocycles. The largest absolute Gasteiger partial charge is 0.490 e. The molecule has 0 bridgehead atoms. The van der Waals surface area contributed by atoms with Crippen LogP contribution in [0.25, 0.3) is 0 Å². The van der Waals surface area contributed by atoms with Crippen molar-refractivity contribution >= 4 is 27.3 Å². The highest BCUT2D eigenvalue weighted by Crippen LogP contribution is 2.33. The van der Waals surface area contributed by atoms with E-state index in [1.807, 2.05) is 23.3 Å². The molecule has 8 nitrogen and oxygen atoms in total. The first-order chi connectivity index (χ1) is 15.4. The van der Waals surface area contributed by atoms with Crippen molar-refractivity contribution in [2.24, 2.45) is 0 Å². The van der Waals surface area contributed by atoms with Crippen LogP contribution < -0.4 is 14.8 Å². The van der Waals surface area contributed by atoms with Gasteiger partial charge in [-0.15, -0.1) is 11.3 Å². The van der Waals surface area contributed by atoms with Crippen LogP contribution in [-0.2, 0) is 21.2 Å². The maximum atomic E-state index is 13.2. The van der Waals surface area contributed by atoms with Gasteiger partial charge in [-0.1, -0.05) is 6.07 Å². The zero-order valence-corrected chi connectivity index (χ0v) is 19.8. The molecule has 2 aromatic rings. The maximum Gasteiger partial charge on any atom is 0.243 e. The third-order valence-corrected chi connectivity index (χ3v) is 8.64. The third-order valence-electron chi connectivity index (χ3n) is 5.81. The maximum absolute atomic E-state index is 13.2. The fourth-order valence-electron chi connectivity index (χ4n) is 3.86. The topological polar surface area (TPSA) is 88.2 Å². The number of rotatable bonds is 7. The van der Waals surface area contributed by atoms with E-state index in [9.17, 15) is 13.2 Å². The van der Waals surface area contributed by atoms with Gasteiger partial charge in [0.1, 0.15) is 0 Å². The van der Waals surface area contributed by atoms with Crippen LogP contribution in [0, 0.1) is 0 Å². The number of hydrogen-bond acceptors (Lipinski definition) is 7. The highest BCUT2D eigenvalue weighted by molar-refractivity contribution is 7.89. The van der Waals surface area contributed by atoms with Crippen LogP contribution in [-0.4, -0.2) is 75.5 Å². The quantitative estimate of drug-likeness (QED) is 0.653. The number of piperazine rings is 1. The summed E-state index contributed by atoms with van der Waals surface area (Å²) in [6, 6.07) is 8.53. The predicted molar refractivity (Wildman–Crippen MR) is 123 cm³/mol. The van der Waals surface area contributed by atoms with Gasteiger partial charge in [0.05, 0.1) is 24.2 Å². The van der Waals surface area contributed by atoms with E-state index in [2.05, 4.69) is 11.4 Å². The van der Waals surface area contributed by atoms with E-state index in [0.717, 1.165) is 12.8 Å². The van der Waals surface area contributed by atoms with Crippen LogP contribution in [0.1, 0.15) is 18.2 Å². The van der Waals surface area contributed by atoms with Gasteiger partial charge in [-0.3, -0.25) is 9.69 Å². The van der Waals surface area contributed by atoms with Gasteiger partial charge in [0.2, 0.25) is 15.9 Å². The number of nitrogens with zero attached hydrogens (tertiary/aromatic N) is 2. The molecular formula is C22H29N3O5S2. The van der Waals surface area contributed by atoms with E-state index in [-0.39, 0.29) is 16.8 Å². The molecule has 1 saturated heterocycles. The normalized spacial score (nSPS) is 18.7. The Hall–Kier alpha value is -2.14. The van der Waals surface area contributed by atoms with Gasteiger partial charge in [-0.2, -0.15) is 4.31 Å². The van der Waals surface area contributed by atoms with Crippen molar-refractivity contribution in [1.29, 1.82) is 0 Å². The molecule has 0 unspecified atom stereocenters. The van der Waals surface area contributed by atoms with E-state index >= 15 is 0 Å². The van der Waals surface area contributed by atoms with Crippen LogP contribution >= 0.6 is 11.3 Å². The number of amides is 1. The molecule has 32 heavy (non-hydrogen) atoms. The SMILES string of the molecule is C[C@H](C(=O)NCCc1cccs1)N1CCN(S(=O)(=O)c2ccc3c(c2)OCCCO3)CC1. The molecule has 0 aliphatic carbocycles. The van der Waals surface area contributed by atoms with Gasteiger partial charge in [0.15, 0.2) is 11.5 Å². The van der Waals surface area contributed by atoms with Crippen molar-refractivity contribution in [2.45, 2.75) is 30.7 Å². The number of hydrogen-bond donors (Lipinski definition) is 1. The second kappa shape index (κ2) is 10.2. The lowest BCUT2D eigenvalue weighted by Gasteiger charge is -2.36. The molecule has 1 atom stereocenters. The Balaban J connectivity index is 1.31. The zero-order chi connectivity index (χ0) is 22.6. The lowest BCUT2D eigenvalue weighted by molar-refractivity contribution is -0.126.